The van der Waals surface area contributed by atoms with Crippen molar-refractivity contribution in [3.63, 3.8) is 0 Å². The van der Waals surface area contributed by atoms with Gasteiger partial charge in [-0.2, -0.15) is 0 Å². The number of hydrogen-bond donors (Lipinski definition) is 2. The van der Waals surface area contributed by atoms with E-state index in [1.54, 1.807) is 19.1 Å². The Labute approximate surface area is 112 Å². The molecule has 1 atom stereocenters. The van der Waals surface area contributed by atoms with Gasteiger partial charge < -0.3 is 10.4 Å². The van der Waals surface area contributed by atoms with E-state index < -0.39 is 0 Å². The molecule has 1 unspecified atom stereocenters. The van der Waals surface area contributed by atoms with Gasteiger partial charge in [-0.15, -0.1) is 0 Å². The average molecular weight is 255 g/mol. The van der Waals surface area contributed by atoms with E-state index in [4.69, 9.17) is 5.11 Å². The van der Waals surface area contributed by atoms with Crippen LogP contribution >= 0.6 is 0 Å². The summed E-state index contributed by atoms with van der Waals surface area (Å²) in [6.07, 6.45) is 0. The quantitative estimate of drug-likeness (QED) is 0.881. The molecule has 3 nitrogen and oxygen atoms in total. The Balaban J connectivity index is 2.13. The van der Waals surface area contributed by atoms with Crippen LogP contribution in [0.1, 0.15) is 17.3 Å². The van der Waals surface area contributed by atoms with Crippen LogP contribution in [0.25, 0.3) is 11.1 Å². The molecule has 2 aromatic carbocycles. The SMILES string of the molecule is CC(CO)NC(=O)c1ccc(-c2ccccc2)cc1. The van der Waals surface area contributed by atoms with Crippen LogP contribution in [0, 0.1) is 0 Å². The monoisotopic (exact) mass is 255 g/mol. The van der Waals surface area contributed by atoms with E-state index in [1.165, 1.54) is 0 Å². The number of benzene rings is 2. The van der Waals surface area contributed by atoms with Gasteiger partial charge in [0.15, 0.2) is 0 Å². The smallest absolute Gasteiger partial charge is 0.251 e. The molecule has 0 heterocycles. The summed E-state index contributed by atoms with van der Waals surface area (Å²) in [6.45, 7) is 1.70. The van der Waals surface area contributed by atoms with Crippen LogP contribution in [0.4, 0.5) is 0 Å². The van der Waals surface area contributed by atoms with Crippen LogP contribution in [-0.2, 0) is 0 Å². The Morgan fingerprint density at radius 3 is 2.21 bits per heavy atom. The van der Waals surface area contributed by atoms with E-state index in [1.807, 2.05) is 42.5 Å². The van der Waals surface area contributed by atoms with Gasteiger partial charge in [0, 0.05) is 11.6 Å². The first-order chi connectivity index (χ1) is 9.20. The van der Waals surface area contributed by atoms with Crippen molar-refractivity contribution in [3.8, 4) is 11.1 Å². The Kier molecular flexibility index (Phi) is 4.31. The zero-order valence-electron chi connectivity index (χ0n) is 10.8. The van der Waals surface area contributed by atoms with Gasteiger partial charge in [-0.05, 0) is 30.2 Å². The van der Waals surface area contributed by atoms with Crippen molar-refractivity contribution >= 4 is 5.91 Å². The molecule has 2 aromatic rings. The molecule has 0 spiro atoms. The summed E-state index contributed by atoms with van der Waals surface area (Å²) >= 11 is 0. The van der Waals surface area contributed by atoms with Gasteiger partial charge in [0.05, 0.1) is 6.61 Å². The highest BCUT2D eigenvalue weighted by Crippen LogP contribution is 2.19. The predicted octanol–water partition coefficient (Wildman–Crippen LogP) is 2.46. The van der Waals surface area contributed by atoms with E-state index in [0.29, 0.717) is 5.56 Å². The van der Waals surface area contributed by atoms with Crippen LogP contribution in [-0.4, -0.2) is 23.7 Å². The molecule has 19 heavy (non-hydrogen) atoms. The summed E-state index contributed by atoms with van der Waals surface area (Å²) in [5.74, 6) is -0.166. The number of aliphatic hydroxyl groups is 1. The highest BCUT2D eigenvalue weighted by Gasteiger charge is 2.08. The second-order valence-electron chi connectivity index (χ2n) is 4.50. The fourth-order valence-corrected chi connectivity index (χ4v) is 1.80. The summed E-state index contributed by atoms with van der Waals surface area (Å²) in [6, 6.07) is 17.2. The Morgan fingerprint density at radius 2 is 1.63 bits per heavy atom. The van der Waals surface area contributed by atoms with Crippen molar-refractivity contribution in [2.45, 2.75) is 13.0 Å². The van der Waals surface area contributed by atoms with E-state index >= 15 is 0 Å². The lowest BCUT2D eigenvalue weighted by Gasteiger charge is -2.11. The molecule has 0 fully saturated rings. The summed E-state index contributed by atoms with van der Waals surface area (Å²) < 4.78 is 0. The molecule has 2 rings (SSSR count). The van der Waals surface area contributed by atoms with Crippen LogP contribution in [0.15, 0.2) is 54.6 Å². The molecule has 0 aliphatic rings. The van der Waals surface area contributed by atoms with Gasteiger partial charge >= 0.3 is 0 Å². The summed E-state index contributed by atoms with van der Waals surface area (Å²) in [5.41, 5.74) is 2.80. The highest BCUT2D eigenvalue weighted by molar-refractivity contribution is 5.94. The van der Waals surface area contributed by atoms with Crippen molar-refractivity contribution in [2.75, 3.05) is 6.61 Å². The molecule has 1 amide bonds. The number of rotatable bonds is 4. The van der Waals surface area contributed by atoms with Gasteiger partial charge in [-0.25, -0.2) is 0 Å². The Hall–Kier alpha value is -2.13. The number of carbonyl (C=O) groups excluding carboxylic acids is 1. The second-order valence-corrected chi connectivity index (χ2v) is 4.50. The summed E-state index contributed by atoms with van der Waals surface area (Å²) in [4.78, 5) is 11.8. The standard InChI is InChI=1S/C16H17NO2/c1-12(11-18)17-16(19)15-9-7-14(8-10-15)13-5-3-2-4-6-13/h2-10,12,18H,11H2,1H3,(H,17,19). The average Bonchev–Trinajstić information content (AvgIpc) is 2.48. The molecule has 0 radical (unpaired) electrons. The predicted molar refractivity (Wildman–Crippen MR) is 75.9 cm³/mol. The number of hydrogen-bond acceptors (Lipinski definition) is 2. The summed E-state index contributed by atoms with van der Waals surface area (Å²) in [5, 5.41) is 11.6. The van der Waals surface area contributed by atoms with E-state index in [9.17, 15) is 4.79 Å². The minimum Gasteiger partial charge on any atom is -0.394 e. The second kappa shape index (κ2) is 6.16. The van der Waals surface area contributed by atoms with Crippen molar-refractivity contribution < 1.29 is 9.90 Å². The lowest BCUT2D eigenvalue weighted by Crippen LogP contribution is -2.34. The number of nitrogens with one attached hydrogen (secondary N) is 1. The molecule has 0 aliphatic heterocycles. The highest BCUT2D eigenvalue weighted by atomic mass is 16.3. The van der Waals surface area contributed by atoms with Crippen molar-refractivity contribution in [1.29, 1.82) is 0 Å². The molecule has 0 saturated carbocycles. The van der Waals surface area contributed by atoms with Gasteiger partial charge in [0.25, 0.3) is 5.91 Å². The molecule has 3 heteroatoms. The normalized spacial score (nSPS) is 11.9. The Morgan fingerprint density at radius 1 is 1.05 bits per heavy atom. The molecule has 0 aromatic heterocycles. The number of carbonyl (C=O) groups is 1. The molecule has 0 bridgehead atoms. The van der Waals surface area contributed by atoms with E-state index in [2.05, 4.69) is 5.32 Å². The Bertz CT molecular complexity index is 534. The number of aliphatic hydroxyl groups excluding tert-OH is 1. The maximum absolute atomic E-state index is 11.8. The first-order valence-electron chi connectivity index (χ1n) is 6.28. The zero-order chi connectivity index (χ0) is 13.7. The minimum atomic E-state index is -0.235. The van der Waals surface area contributed by atoms with Crippen LogP contribution in [0.3, 0.4) is 0 Å². The van der Waals surface area contributed by atoms with Crippen LogP contribution in [0.5, 0.6) is 0 Å². The van der Waals surface area contributed by atoms with Crippen molar-refractivity contribution in [1.82, 2.24) is 5.32 Å². The van der Waals surface area contributed by atoms with Gasteiger partial charge in [0.2, 0.25) is 0 Å². The third kappa shape index (κ3) is 3.42. The number of amides is 1. The lowest BCUT2D eigenvalue weighted by molar-refractivity contribution is 0.0922. The topological polar surface area (TPSA) is 49.3 Å². The molecule has 2 N–H and O–H groups in total. The third-order valence-electron chi connectivity index (χ3n) is 2.91. The van der Waals surface area contributed by atoms with Crippen LogP contribution in [0.2, 0.25) is 0 Å². The molecule has 0 saturated heterocycles. The molecular weight excluding hydrogens is 238 g/mol. The van der Waals surface area contributed by atoms with Gasteiger partial charge in [0.1, 0.15) is 0 Å². The van der Waals surface area contributed by atoms with E-state index in [0.717, 1.165) is 11.1 Å². The zero-order valence-corrected chi connectivity index (χ0v) is 10.8. The van der Waals surface area contributed by atoms with Crippen LogP contribution < -0.4 is 5.32 Å². The van der Waals surface area contributed by atoms with Gasteiger partial charge in [-0.3, -0.25) is 4.79 Å². The first kappa shape index (κ1) is 13.3. The van der Waals surface area contributed by atoms with Crippen molar-refractivity contribution in [3.05, 3.63) is 60.2 Å². The van der Waals surface area contributed by atoms with Crippen molar-refractivity contribution in [2.24, 2.45) is 0 Å². The molecule has 98 valence electrons. The maximum atomic E-state index is 11.8. The molecule has 0 aliphatic carbocycles. The third-order valence-corrected chi connectivity index (χ3v) is 2.91. The fourth-order valence-electron chi connectivity index (χ4n) is 1.80. The van der Waals surface area contributed by atoms with E-state index in [-0.39, 0.29) is 18.6 Å². The largest absolute Gasteiger partial charge is 0.394 e. The fraction of sp³-hybridized carbons (Fsp3) is 0.188. The lowest BCUT2D eigenvalue weighted by atomic mass is 10.0. The minimum absolute atomic E-state index is 0.0617. The first-order valence-corrected chi connectivity index (χ1v) is 6.28. The summed E-state index contributed by atoms with van der Waals surface area (Å²) in [7, 11) is 0. The molecular formula is C16H17NO2. The maximum Gasteiger partial charge on any atom is 0.251 e. The van der Waals surface area contributed by atoms with Gasteiger partial charge in [-0.1, -0.05) is 42.5 Å².